The van der Waals surface area contributed by atoms with Crippen molar-refractivity contribution in [2.24, 2.45) is 5.73 Å². The normalized spacial score (nSPS) is 12.6. The topological polar surface area (TPSA) is 55.5 Å². The van der Waals surface area contributed by atoms with Crippen molar-refractivity contribution in [3.8, 4) is 11.5 Å². The van der Waals surface area contributed by atoms with Crippen LogP contribution in [0.5, 0.6) is 11.5 Å². The Balaban J connectivity index is 3.43. The van der Waals surface area contributed by atoms with Gasteiger partial charge in [0, 0.05) is 17.5 Å². The van der Waals surface area contributed by atoms with Gasteiger partial charge >= 0.3 is 0 Å². The van der Waals surface area contributed by atoms with Gasteiger partial charge in [-0.2, -0.15) is 0 Å². The Bertz CT molecular complexity index is 369. The lowest BCUT2D eigenvalue weighted by Gasteiger charge is -2.16. The molecule has 1 aromatic rings. The smallest absolute Gasteiger partial charge is 0.168 e. The zero-order valence-corrected chi connectivity index (χ0v) is 8.55. The molecule has 0 bridgehead atoms. The lowest BCUT2D eigenvalue weighted by Crippen LogP contribution is -2.11. The minimum atomic E-state index is -1.01. The molecule has 1 unspecified atom stereocenters. The van der Waals surface area contributed by atoms with E-state index in [4.69, 9.17) is 10.5 Å². The Kier molecular flexibility index (Phi) is 3.47. The molecule has 5 heteroatoms. The van der Waals surface area contributed by atoms with Crippen molar-refractivity contribution < 1.29 is 18.6 Å². The highest BCUT2D eigenvalue weighted by Crippen LogP contribution is 2.37. The third-order valence-electron chi connectivity index (χ3n) is 2.25. The van der Waals surface area contributed by atoms with Gasteiger partial charge in [0.2, 0.25) is 0 Å². The van der Waals surface area contributed by atoms with E-state index in [1.54, 1.807) is 6.92 Å². The maximum absolute atomic E-state index is 13.3. The van der Waals surface area contributed by atoms with Gasteiger partial charge in [-0.15, -0.1) is 0 Å². The van der Waals surface area contributed by atoms with Crippen molar-refractivity contribution in [1.29, 1.82) is 0 Å². The van der Waals surface area contributed by atoms with Crippen molar-refractivity contribution in [2.45, 2.75) is 12.8 Å². The number of hydrogen-bond donors (Lipinski definition) is 2. The fourth-order valence-corrected chi connectivity index (χ4v) is 1.39. The SMILES string of the molecule is COc1c(F)cc(F)c(O)c1C(C)CN. The fourth-order valence-electron chi connectivity index (χ4n) is 1.39. The van der Waals surface area contributed by atoms with Gasteiger partial charge in [-0.1, -0.05) is 6.92 Å². The van der Waals surface area contributed by atoms with Crippen LogP contribution in [0.2, 0.25) is 0 Å². The molecule has 0 radical (unpaired) electrons. The predicted octanol–water partition coefficient (Wildman–Crippen LogP) is 1.74. The second kappa shape index (κ2) is 4.44. The number of rotatable bonds is 3. The van der Waals surface area contributed by atoms with Crippen LogP contribution in [0.4, 0.5) is 8.78 Å². The molecule has 0 fully saturated rings. The first-order valence-corrected chi connectivity index (χ1v) is 4.47. The molecule has 0 saturated heterocycles. The Hall–Kier alpha value is -1.36. The number of methoxy groups -OCH3 is 1. The summed E-state index contributed by atoms with van der Waals surface area (Å²) >= 11 is 0. The van der Waals surface area contributed by atoms with Gasteiger partial charge in [0.05, 0.1) is 7.11 Å². The average Bonchev–Trinajstić information content (AvgIpc) is 2.21. The number of aromatic hydroxyl groups is 1. The second-order valence-corrected chi connectivity index (χ2v) is 3.27. The summed E-state index contributed by atoms with van der Waals surface area (Å²) in [7, 11) is 1.25. The summed E-state index contributed by atoms with van der Waals surface area (Å²) in [6, 6.07) is 0.584. The highest BCUT2D eigenvalue weighted by atomic mass is 19.1. The van der Waals surface area contributed by atoms with Crippen molar-refractivity contribution >= 4 is 0 Å². The van der Waals surface area contributed by atoms with Gasteiger partial charge in [0.15, 0.2) is 23.1 Å². The number of phenolic OH excluding ortho intramolecular Hbond substituents is 1. The van der Waals surface area contributed by atoms with Crippen LogP contribution >= 0.6 is 0 Å². The van der Waals surface area contributed by atoms with Crippen LogP contribution in [0.25, 0.3) is 0 Å². The van der Waals surface area contributed by atoms with E-state index in [0.29, 0.717) is 6.07 Å². The van der Waals surface area contributed by atoms with E-state index in [2.05, 4.69) is 0 Å². The van der Waals surface area contributed by atoms with Gasteiger partial charge < -0.3 is 15.6 Å². The van der Waals surface area contributed by atoms with Crippen molar-refractivity contribution in [3.63, 3.8) is 0 Å². The van der Waals surface area contributed by atoms with Crippen LogP contribution in [0.1, 0.15) is 18.4 Å². The third kappa shape index (κ3) is 2.02. The summed E-state index contributed by atoms with van der Waals surface area (Å²) in [6.07, 6.45) is 0. The molecular weight excluding hydrogens is 204 g/mol. The van der Waals surface area contributed by atoms with Crippen molar-refractivity contribution in [2.75, 3.05) is 13.7 Å². The van der Waals surface area contributed by atoms with Crippen molar-refractivity contribution in [1.82, 2.24) is 0 Å². The van der Waals surface area contributed by atoms with Crippen LogP contribution in [-0.4, -0.2) is 18.8 Å². The van der Waals surface area contributed by atoms with E-state index in [1.165, 1.54) is 7.11 Å². The van der Waals surface area contributed by atoms with Gasteiger partial charge in [-0.25, -0.2) is 8.78 Å². The molecule has 3 nitrogen and oxygen atoms in total. The summed E-state index contributed by atoms with van der Waals surface area (Å²) in [4.78, 5) is 0. The van der Waals surface area contributed by atoms with E-state index in [1.807, 2.05) is 0 Å². The first-order valence-electron chi connectivity index (χ1n) is 4.47. The van der Waals surface area contributed by atoms with Gasteiger partial charge in [-0.3, -0.25) is 0 Å². The number of halogens is 2. The van der Waals surface area contributed by atoms with E-state index < -0.39 is 17.4 Å². The zero-order chi connectivity index (χ0) is 11.6. The molecule has 84 valence electrons. The number of benzene rings is 1. The zero-order valence-electron chi connectivity index (χ0n) is 8.55. The van der Waals surface area contributed by atoms with Crippen LogP contribution in [0, 0.1) is 11.6 Å². The highest BCUT2D eigenvalue weighted by molar-refractivity contribution is 5.48. The molecule has 0 aliphatic carbocycles. The van der Waals surface area contributed by atoms with Gasteiger partial charge in [0.25, 0.3) is 0 Å². The molecule has 0 aliphatic rings. The molecule has 0 saturated carbocycles. The minimum Gasteiger partial charge on any atom is -0.505 e. The quantitative estimate of drug-likeness (QED) is 0.810. The summed E-state index contributed by atoms with van der Waals surface area (Å²) in [5.74, 6) is -3.00. The number of hydrogen-bond acceptors (Lipinski definition) is 3. The van der Waals surface area contributed by atoms with Gasteiger partial charge in [-0.05, 0) is 6.54 Å². The van der Waals surface area contributed by atoms with Crippen LogP contribution in [0.15, 0.2) is 6.07 Å². The molecule has 0 aromatic heterocycles. The second-order valence-electron chi connectivity index (χ2n) is 3.27. The molecule has 1 rings (SSSR count). The Morgan fingerprint density at radius 2 is 2.07 bits per heavy atom. The van der Waals surface area contributed by atoms with Gasteiger partial charge in [0.1, 0.15) is 0 Å². The lowest BCUT2D eigenvalue weighted by molar-refractivity contribution is 0.358. The maximum atomic E-state index is 13.3. The standard InChI is InChI=1S/C10H13F2NO2/c1-5(4-13)8-9(14)6(11)3-7(12)10(8)15-2/h3,5,14H,4,13H2,1-2H3. The number of nitrogens with two attached hydrogens (primary N) is 1. The summed E-state index contributed by atoms with van der Waals surface area (Å²) in [5, 5.41) is 9.46. The largest absolute Gasteiger partial charge is 0.505 e. The summed E-state index contributed by atoms with van der Waals surface area (Å²) < 4.78 is 31.1. The Morgan fingerprint density at radius 1 is 1.47 bits per heavy atom. The van der Waals surface area contributed by atoms with Crippen LogP contribution < -0.4 is 10.5 Å². The molecule has 1 aromatic carbocycles. The minimum absolute atomic E-state index is 0.0671. The van der Waals surface area contributed by atoms with Crippen molar-refractivity contribution in [3.05, 3.63) is 23.3 Å². The first kappa shape index (κ1) is 11.7. The molecular formula is C10H13F2NO2. The molecule has 0 amide bonds. The Morgan fingerprint density at radius 3 is 2.53 bits per heavy atom. The molecule has 0 heterocycles. The van der Waals surface area contributed by atoms with E-state index in [9.17, 15) is 13.9 Å². The maximum Gasteiger partial charge on any atom is 0.168 e. The molecule has 15 heavy (non-hydrogen) atoms. The van der Waals surface area contributed by atoms with E-state index in [-0.39, 0.29) is 23.8 Å². The molecule has 3 N–H and O–H groups in total. The van der Waals surface area contributed by atoms with E-state index in [0.717, 1.165) is 0 Å². The molecule has 1 atom stereocenters. The number of phenols is 1. The third-order valence-corrected chi connectivity index (χ3v) is 2.25. The molecule has 0 spiro atoms. The summed E-state index contributed by atoms with van der Waals surface area (Å²) in [5.41, 5.74) is 5.45. The summed E-state index contributed by atoms with van der Waals surface area (Å²) in [6.45, 7) is 1.81. The highest BCUT2D eigenvalue weighted by Gasteiger charge is 2.22. The Labute approximate surface area is 86.5 Å². The van der Waals surface area contributed by atoms with E-state index >= 15 is 0 Å². The lowest BCUT2D eigenvalue weighted by atomic mass is 9.98. The average molecular weight is 217 g/mol. The number of ether oxygens (including phenoxy) is 1. The monoisotopic (exact) mass is 217 g/mol. The molecule has 0 aliphatic heterocycles. The predicted molar refractivity (Wildman–Crippen MR) is 52.0 cm³/mol. The van der Waals surface area contributed by atoms with Crippen LogP contribution in [0.3, 0.4) is 0 Å². The van der Waals surface area contributed by atoms with Crippen LogP contribution in [-0.2, 0) is 0 Å². The first-order chi connectivity index (χ1) is 7.02. The fraction of sp³-hybridized carbons (Fsp3) is 0.400.